The Morgan fingerprint density at radius 1 is 1.31 bits per heavy atom. The van der Waals surface area contributed by atoms with Gasteiger partial charge in [-0.05, 0) is 37.9 Å². The highest BCUT2D eigenvalue weighted by molar-refractivity contribution is 5.43. The van der Waals surface area contributed by atoms with Crippen LogP contribution in [-0.4, -0.2) is 12.6 Å². The van der Waals surface area contributed by atoms with E-state index < -0.39 is 0 Å². The van der Waals surface area contributed by atoms with Gasteiger partial charge in [0.25, 0.3) is 0 Å². The second-order valence-corrected chi connectivity index (χ2v) is 4.48. The maximum Gasteiger partial charge on any atom is 0.124 e. The van der Waals surface area contributed by atoms with Gasteiger partial charge in [-0.15, -0.1) is 0 Å². The second kappa shape index (κ2) is 4.88. The van der Waals surface area contributed by atoms with Crippen molar-refractivity contribution in [3.63, 3.8) is 0 Å². The van der Waals surface area contributed by atoms with Crippen LogP contribution in [0, 0.1) is 0 Å². The number of fused-ring (bicyclic) bond motifs is 1. The topological polar surface area (TPSA) is 21.3 Å². The van der Waals surface area contributed by atoms with E-state index in [9.17, 15) is 0 Å². The van der Waals surface area contributed by atoms with E-state index in [1.54, 1.807) is 0 Å². The molecule has 0 spiro atoms. The number of nitrogens with one attached hydrogen (secondary N) is 1. The van der Waals surface area contributed by atoms with Gasteiger partial charge in [-0.25, -0.2) is 0 Å². The zero-order valence-corrected chi connectivity index (χ0v) is 10.4. The Balaban J connectivity index is 2.23. The molecular formula is C14H21NO. The lowest BCUT2D eigenvalue weighted by molar-refractivity contribution is 0.210. The largest absolute Gasteiger partial charge is 0.488 e. The Kier molecular flexibility index (Phi) is 3.49. The molecule has 0 aromatic heterocycles. The van der Waals surface area contributed by atoms with E-state index in [0.717, 1.165) is 25.1 Å². The third kappa shape index (κ3) is 2.07. The van der Waals surface area contributed by atoms with Crippen molar-refractivity contribution in [3.8, 4) is 5.75 Å². The van der Waals surface area contributed by atoms with Crippen molar-refractivity contribution in [2.75, 3.05) is 6.54 Å². The maximum absolute atomic E-state index is 5.85. The van der Waals surface area contributed by atoms with Gasteiger partial charge < -0.3 is 10.1 Å². The molecule has 0 radical (unpaired) electrons. The van der Waals surface area contributed by atoms with Crippen LogP contribution < -0.4 is 10.1 Å². The first-order valence-electron chi connectivity index (χ1n) is 6.29. The summed E-state index contributed by atoms with van der Waals surface area (Å²) in [6.45, 7) is 7.57. The molecule has 1 aliphatic rings. The van der Waals surface area contributed by atoms with Crippen LogP contribution in [0.2, 0.25) is 0 Å². The fraction of sp³-hybridized carbons (Fsp3) is 0.571. The van der Waals surface area contributed by atoms with Crippen molar-refractivity contribution < 1.29 is 4.74 Å². The summed E-state index contributed by atoms with van der Waals surface area (Å²) in [5.74, 6) is 1.05. The highest BCUT2D eigenvalue weighted by Crippen LogP contribution is 2.37. The van der Waals surface area contributed by atoms with Gasteiger partial charge in [-0.1, -0.05) is 26.0 Å². The van der Waals surface area contributed by atoms with Crippen LogP contribution in [0.5, 0.6) is 5.75 Å². The van der Waals surface area contributed by atoms with Crippen LogP contribution >= 0.6 is 0 Å². The summed E-state index contributed by atoms with van der Waals surface area (Å²) >= 11 is 0. The summed E-state index contributed by atoms with van der Waals surface area (Å²) < 4.78 is 5.85. The van der Waals surface area contributed by atoms with E-state index in [-0.39, 0.29) is 6.10 Å². The molecule has 0 bridgehead atoms. The molecule has 2 unspecified atom stereocenters. The van der Waals surface area contributed by atoms with E-state index in [4.69, 9.17) is 4.74 Å². The van der Waals surface area contributed by atoms with Gasteiger partial charge in [0.05, 0.1) is 6.04 Å². The number of aryl methyl sites for hydroxylation is 1. The van der Waals surface area contributed by atoms with Crippen LogP contribution in [0.25, 0.3) is 0 Å². The molecule has 0 saturated carbocycles. The standard InChI is InChI=1S/C14H21NO/c1-4-8-15-14-10(3)16-13-7-6-11(5-2)9-12(13)14/h6-7,9-10,14-15H,4-5,8H2,1-3H3. The zero-order chi connectivity index (χ0) is 11.5. The van der Waals surface area contributed by atoms with E-state index in [0.29, 0.717) is 6.04 Å². The predicted octanol–water partition coefficient (Wildman–Crippen LogP) is 3.07. The van der Waals surface area contributed by atoms with Gasteiger partial charge in [0.15, 0.2) is 0 Å². The molecule has 1 aliphatic heterocycles. The molecule has 88 valence electrons. The van der Waals surface area contributed by atoms with Crippen molar-refractivity contribution >= 4 is 0 Å². The molecule has 1 heterocycles. The molecule has 1 aromatic rings. The van der Waals surface area contributed by atoms with Crippen LogP contribution in [0.3, 0.4) is 0 Å². The monoisotopic (exact) mass is 219 g/mol. The van der Waals surface area contributed by atoms with Gasteiger partial charge in [0, 0.05) is 5.56 Å². The summed E-state index contributed by atoms with van der Waals surface area (Å²) in [6, 6.07) is 6.92. The zero-order valence-electron chi connectivity index (χ0n) is 10.4. The molecule has 0 aliphatic carbocycles. The lowest BCUT2D eigenvalue weighted by Crippen LogP contribution is -2.29. The molecule has 0 amide bonds. The minimum atomic E-state index is 0.244. The average Bonchev–Trinajstić information content (AvgIpc) is 2.61. The van der Waals surface area contributed by atoms with Crippen molar-refractivity contribution in [3.05, 3.63) is 29.3 Å². The molecule has 0 saturated heterocycles. The number of hydrogen-bond donors (Lipinski definition) is 1. The van der Waals surface area contributed by atoms with Crippen molar-refractivity contribution in [1.82, 2.24) is 5.32 Å². The van der Waals surface area contributed by atoms with Crippen molar-refractivity contribution in [1.29, 1.82) is 0 Å². The Morgan fingerprint density at radius 2 is 2.12 bits per heavy atom. The lowest BCUT2D eigenvalue weighted by atomic mass is 10.0. The minimum absolute atomic E-state index is 0.244. The van der Waals surface area contributed by atoms with Crippen LogP contribution in [0.4, 0.5) is 0 Å². The molecule has 0 fully saturated rings. The van der Waals surface area contributed by atoms with Gasteiger partial charge in [0.1, 0.15) is 11.9 Å². The summed E-state index contributed by atoms with van der Waals surface area (Å²) in [4.78, 5) is 0. The fourth-order valence-electron chi connectivity index (χ4n) is 2.27. The highest BCUT2D eigenvalue weighted by atomic mass is 16.5. The quantitative estimate of drug-likeness (QED) is 0.840. The molecular weight excluding hydrogens is 198 g/mol. The van der Waals surface area contributed by atoms with Gasteiger partial charge in [-0.3, -0.25) is 0 Å². The number of hydrogen-bond acceptors (Lipinski definition) is 2. The maximum atomic E-state index is 5.85. The first-order chi connectivity index (χ1) is 7.76. The van der Waals surface area contributed by atoms with E-state index in [1.807, 2.05) is 0 Å². The number of rotatable bonds is 4. The van der Waals surface area contributed by atoms with Gasteiger partial charge in [-0.2, -0.15) is 0 Å². The van der Waals surface area contributed by atoms with Crippen molar-refractivity contribution in [2.45, 2.75) is 45.8 Å². The Morgan fingerprint density at radius 3 is 2.81 bits per heavy atom. The molecule has 2 rings (SSSR count). The van der Waals surface area contributed by atoms with Gasteiger partial charge >= 0.3 is 0 Å². The molecule has 1 aromatic carbocycles. The minimum Gasteiger partial charge on any atom is -0.488 e. The number of benzene rings is 1. The van der Waals surface area contributed by atoms with Crippen LogP contribution in [0.15, 0.2) is 18.2 Å². The molecule has 2 atom stereocenters. The first-order valence-corrected chi connectivity index (χ1v) is 6.29. The first kappa shape index (κ1) is 11.5. The summed E-state index contributed by atoms with van der Waals surface area (Å²) in [6.07, 6.45) is 2.49. The predicted molar refractivity (Wildman–Crippen MR) is 66.9 cm³/mol. The molecule has 1 N–H and O–H groups in total. The number of ether oxygens (including phenoxy) is 1. The van der Waals surface area contributed by atoms with E-state index in [1.165, 1.54) is 11.1 Å². The highest BCUT2D eigenvalue weighted by Gasteiger charge is 2.30. The van der Waals surface area contributed by atoms with Crippen molar-refractivity contribution in [2.24, 2.45) is 0 Å². The second-order valence-electron chi connectivity index (χ2n) is 4.48. The molecule has 2 nitrogen and oxygen atoms in total. The van der Waals surface area contributed by atoms with E-state index in [2.05, 4.69) is 44.3 Å². The Bertz CT molecular complexity index is 362. The summed E-state index contributed by atoms with van der Waals surface area (Å²) in [7, 11) is 0. The van der Waals surface area contributed by atoms with Crippen LogP contribution in [-0.2, 0) is 6.42 Å². The molecule has 16 heavy (non-hydrogen) atoms. The summed E-state index contributed by atoms with van der Waals surface area (Å²) in [5, 5.41) is 3.56. The van der Waals surface area contributed by atoms with Gasteiger partial charge in [0.2, 0.25) is 0 Å². The smallest absolute Gasteiger partial charge is 0.124 e. The molecule has 2 heteroatoms. The normalized spacial score (nSPS) is 22.9. The Labute approximate surface area is 98.0 Å². The third-order valence-corrected chi connectivity index (χ3v) is 3.21. The SMILES string of the molecule is CCCNC1c2cc(CC)ccc2OC1C. The Hall–Kier alpha value is -1.02. The lowest BCUT2D eigenvalue weighted by Gasteiger charge is -2.16. The van der Waals surface area contributed by atoms with Crippen LogP contribution in [0.1, 0.15) is 44.4 Å². The third-order valence-electron chi connectivity index (χ3n) is 3.21. The summed E-state index contributed by atoms with van der Waals surface area (Å²) in [5.41, 5.74) is 2.72. The van der Waals surface area contributed by atoms with E-state index >= 15 is 0 Å². The fourth-order valence-corrected chi connectivity index (χ4v) is 2.27. The average molecular weight is 219 g/mol.